The number of aliphatic imine (C=N–C) groups is 2. The van der Waals surface area contributed by atoms with Crippen LogP contribution in [0.3, 0.4) is 0 Å². The summed E-state index contributed by atoms with van der Waals surface area (Å²) in [7, 11) is 2.12. The first-order valence-corrected chi connectivity index (χ1v) is 11.9. The summed E-state index contributed by atoms with van der Waals surface area (Å²) in [5.74, 6) is 0.715. The van der Waals surface area contributed by atoms with E-state index in [2.05, 4.69) is 42.5 Å². The van der Waals surface area contributed by atoms with Crippen LogP contribution in [0.15, 0.2) is 34.4 Å². The van der Waals surface area contributed by atoms with E-state index in [1.807, 2.05) is 32.0 Å². The molecule has 180 valence electrons. The fourth-order valence-electron chi connectivity index (χ4n) is 4.29. The molecule has 1 amide bonds. The van der Waals surface area contributed by atoms with Crippen molar-refractivity contribution in [3.63, 3.8) is 0 Å². The average molecular weight is 483 g/mol. The summed E-state index contributed by atoms with van der Waals surface area (Å²) >= 11 is 6.35. The van der Waals surface area contributed by atoms with Crippen molar-refractivity contribution in [1.29, 1.82) is 0 Å². The molecule has 2 aromatic rings. The molecule has 0 bridgehead atoms. The highest BCUT2D eigenvalue weighted by Gasteiger charge is 2.39. The highest BCUT2D eigenvalue weighted by Crippen LogP contribution is 2.39. The Kier molecular flexibility index (Phi) is 7.25. The zero-order valence-electron chi connectivity index (χ0n) is 19.8. The summed E-state index contributed by atoms with van der Waals surface area (Å²) in [6.45, 7) is 6.60. The first-order chi connectivity index (χ1) is 16.3. The van der Waals surface area contributed by atoms with Gasteiger partial charge >= 0.3 is 0 Å². The van der Waals surface area contributed by atoms with Gasteiger partial charge in [-0.05, 0) is 64.0 Å². The number of likely N-dealkylation sites (tertiary alicyclic amines) is 1. The van der Waals surface area contributed by atoms with E-state index in [-0.39, 0.29) is 24.4 Å². The summed E-state index contributed by atoms with van der Waals surface area (Å²) in [4.78, 5) is 32.5. The molecule has 10 heteroatoms. The van der Waals surface area contributed by atoms with Crippen molar-refractivity contribution in [1.82, 2.24) is 14.9 Å². The Labute approximate surface area is 204 Å². The molecular formula is C24H31ClN8O. The van der Waals surface area contributed by atoms with Crippen LogP contribution in [0.2, 0.25) is 5.02 Å². The molecule has 0 radical (unpaired) electrons. The van der Waals surface area contributed by atoms with Gasteiger partial charge in [0.1, 0.15) is 5.02 Å². The van der Waals surface area contributed by atoms with Crippen molar-refractivity contribution in [2.75, 3.05) is 37.3 Å². The molecule has 9 nitrogen and oxygen atoms in total. The molecule has 0 saturated carbocycles. The van der Waals surface area contributed by atoms with Crippen molar-refractivity contribution < 1.29 is 4.79 Å². The van der Waals surface area contributed by atoms with Crippen LogP contribution in [0.4, 0.5) is 17.5 Å². The number of piperidine rings is 1. The molecule has 0 unspecified atom stereocenters. The number of carbonyl (C=O) groups is 1. The lowest BCUT2D eigenvalue weighted by molar-refractivity contribution is -0.119. The van der Waals surface area contributed by atoms with E-state index in [0.717, 1.165) is 42.7 Å². The minimum Gasteiger partial charge on any atom is -0.365 e. The third-order valence-corrected chi connectivity index (χ3v) is 6.62. The minimum atomic E-state index is -0.609. The number of nitrogens with two attached hydrogens (primary N) is 1. The molecule has 0 aliphatic carbocycles. The number of nitrogens with one attached hydrogen (secondary N) is 2. The number of anilines is 2. The molecule has 2 aliphatic rings. The van der Waals surface area contributed by atoms with Crippen LogP contribution < -0.4 is 16.4 Å². The first-order valence-electron chi connectivity index (χ1n) is 11.5. The number of nitrogens with zero attached hydrogens (tertiary/aromatic N) is 5. The summed E-state index contributed by atoms with van der Waals surface area (Å²) in [6, 6.07) is 6.12. The van der Waals surface area contributed by atoms with Crippen molar-refractivity contribution >= 4 is 46.9 Å². The predicted octanol–water partition coefficient (Wildman–Crippen LogP) is 3.17. The Hall–Kier alpha value is -2.88. The maximum Gasteiger partial charge on any atom is 0.251 e. The molecule has 34 heavy (non-hydrogen) atoms. The van der Waals surface area contributed by atoms with E-state index in [9.17, 15) is 4.79 Å². The molecule has 1 aromatic carbocycles. The largest absolute Gasteiger partial charge is 0.365 e. The van der Waals surface area contributed by atoms with Crippen LogP contribution in [0.1, 0.15) is 37.8 Å². The molecule has 1 fully saturated rings. The van der Waals surface area contributed by atoms with Crippen LogP contribution >= 0.6 is 11.6 Å². The van der Waals surface area contributed by atoms with Gasteiger partial charge in [-0.25, -0.2) is 9.98 Å². The van der Waals surface area contributed by atoms with Gasteiger partial charge in [-0.15, -0.1) is 0 Å². The lowest BCUT2D eigenvalue weighted by Crippen LogP contribution is -2.32. The number of hydrogen-bond acceptors (Lipinski definition) is 8. The van der Waals surface area contributed by atoms with Gasteiger partial charge in [-0.1, -0.05) is 23.7 Å². The van der Waals surface area contributed by atoms with E-state index < -0.39 is 5.41 Å². The van der Waals surface area contributed by atoms with Crippen molar-refractivity contribution in [3.05, 3.63) is 40.5 Å². The Bertz CT molecular complexity index is 1120. The third kappa shape index (κ3) is 5.27. The summed E-state index contributed by atoms with van der Waals surface area (Å²) in [6.07, 6.45) is 5.30. The van der Waals surface area contributed by atoms with E-state index in [1.54, 1.807) is 6.21 Å². The molecular weight excluding hydrogens is 452 g/mol. The van der Waals surface area contributed by atoms with Crippen molar-refractivity contribution in [3.8, 4) is 0 Å². The number of carbonyl (C=O) groups excluding carboxylic acids is 1. The molecule has 0 atom stereocenters. The number of aromatic nitrogens is 2. The minimum absolute atomic E-state index is 0.0112. The van der Waals surface area contributed by atoms with Gasteiger partial charge in [-0.2, -0.15) is 4.98 Å². The average Bonchev–Trinajstić information content (AvgIpc) is 3.06. The van der Waals surface area contributed by atoms with E-state index in [1.165, 1.54) is 6.20 Å². The second-order valence-corrected chi connectivity index (χ2v) is 9.67. The molecule has 1 saturated heterocycles. The van der Waals surface area contributed by atoms with Gasteiger partial charge in [0.25, 0.3) is 5.95 Å². The zero-order chi connectivity index (χ0) is 24.3. The number of halogens is 1. The lowest BCUT2D eigenvalue weighted by Gasteiger charge is -2.26. The molecule has 2 aliphatic heterocycles. The smallest absolute Gasteiger partial charge is 0.251 e. The summed E-state index contributed by atoms with van der Waals surface area (Å²) < 4.78 is 0. The maximum atomic E-state index is 12.4. The number of rotatable bonds is 7. The third-order valence-electron chi connectivity index (χ3n) is 6.34. The van der Waals surface area contributed by atoms with Gasteiger partial charge in [0.2, 0.25) is 5.91 Å². The second-order valence-electron chi connectivity index (χ2n) is 9.26. The van der Waals surface area contributed by atoms with Crippen LogP contribution in [0.5, 0.6) is 0 Å². The Morgan fingerprint density at radius 1 is 1.38 bits per heavy atom. The highest BCUT2D eigenvalue weighted by atomic mass is 35.5. The lowest BCUT2D eigenvalue weighted by atomic mass is 9.83. The van der Waals surface area contributed by atoms with Crippen molar-refractivity contribution in [2.24, 2.45) is 15.7 Å². The van der Waals surface area contributed by atoms with Crippen molar-refractivity contribution in [2.45, 2.75) is 44.7 Å². The second kappa shape index (κ2) is 10.2. The topological polar surface area (TPSA) is 121 Å². The number of amides is 1. The van der Waals surface area contributed by atoms with E-state index >= 15 is 0 Å². The zero-order valence-corrected chi connectivity index (χ0v) is 20.6. The fraction of sp³-hybridized carbons (Fsp3) is 0.458. The van der Waals surface area contributed by atoms with Gasteiger partial charge < -0.3 is 21.3 Å². The number of benzene rings is 1. The Morgan fingerprint density at radius 3 is 2.88 bits per heavy atom. The van der Waals surface area contributed by atoms with Gasteiger partial charge in [0.15, 0.2) is 5.82 Å². The molecule has 4 rings (SSSR count). The number of fused-ring (bicyclic) bond motifs is 1. The Balaban J connectivity index is 1.49. The first kappa shape index (κ1) is 24.3. The molecule has 0 spiro atoms. The standard InChI is InChI=1S/C24H31ClN8O/c1-24(2)20-15(5-4-6-19(20)31-22(24)34)12-28-21-18(25)14-29-23(32-21)30-17(11-26)13-27-16-7-9-33(3)10-8-16/h4-6,13-14,16H,7-12,26H2,1-3H3,(H,31,34)(H,28,29,32). The maximum absolute atomic E-state index is 12.4. The normalized spacial score (nSPS) is 18.9. The summed E-state index contributed by atoms with van der Waals surface area (Å²) in [5.41, 5.74) is 8.70. The van der Waals surface area contributed by atoms with Crippen LogP contribution in [0, 0.1) is 0 Å². The monoisotopic (exact) mass is 482 g/mol. The fourth-order valence-corrected chi connectivity index (χ4v) is 4.45. The predicted molar refractivity (Wildman–Crippen MR) is 138 cm³/mol. The SMILES string of the molecule is CN1CCC(N=CC(CN)=Nc2ncc(Cl)c(NCc3cccc4c3C(C)(C)C(=O)N4)n2)CC1. The van der Waals surface area contributed by atoms with E-state index in [4.69, 9.17) is 17.3 Å². The Morgan fingerprint density at radius 2 is 2.15 bits per heavy atom. The summed E-state index contributed by atoms with van der Waals surface area (Å²) in [5, 5.41) is 6.60. The van der Waals surface area contributed by atoms with E-state index in [0.29, 0.717) is 23.1 Å². The van der Waals surface area contributed by atoms with Gasteiger partial charge in [0.05, 0.1) is 23.4 Å². The quantitative estimate of drug-likeness (QED) is 0.521. The van der Waals surface area contributed by atoms with Crippen LogP contribution in [-0.2, 0) is 16.8 Å². The molecule has 4 N–H and O–H groups in total. The van der Waals surface area contributed by atoms with Gasteiger partial charge in [-0.3, -0.25) is 9.79 Å². The van der Waals surface area contributed by atoms with Crippen LogP contribution in [-0.4, -0.2) is 65.4 Å². The van der Waals surface area contributed by atoms with Crippen LogP contribution in [0.25, 0.3) is 0 Å². The number of hydrogen-bond donors (Lipinski definition) is 3. The van der Waals surface area contributed by atoms with Gasteiger partial charge in [0, 0.05) is 25.0 Å². The molecule has 1 aromatic heterocycles. The highest BCUT2D eigenvalue weighted by molar-refractivity contribution is 6.33. The molecule has 3 heterocycles.